The summed E-state index contributed by atoms with van der Waals surface area (Å²) in [4.78, 5) is 30.3. The first kappa shape index (κ1) is 23.2. The molecule has 0 bridgehead atoms. The highest BCUT2D eigenvalue weighted by molar-refractivity contribution is 6.06. The predicted octanol–water partition coefficient (Wildman–Crippen LogP) is 4.72. The smallest absolute Gasteiger partial charge is 0.302 e. The molecule has 0 spiro atoms. The molecule has 8 heteroatoms. The number of hydrogen-bond donors (Lipinski definition) is 1. The van der Waals surface area contributed by atoms with Gasteiger partial charge in [-0.15, -0.1) is 0 Å². The summed E-state index contributed by atoms with van der Waals surface area (Å²) in [6.45, 7) is 8.90. The fourth-order valence-corrected chi connectivity index (χ4v) is 2.81. The van der Waals surface area contributed by atoms with Crippen molar-refractivity contribution >= 4 is 46.4 Å². The summed E-state index contributed by atoms with van der Waals surface area (Å²) in [5.41, 5.74) is 3.12. The van der Waals surface area contributed by atoms with Crippen molar-refractivity contribution in [1.29, 1.82) is 0 Å². The van der Waals surface area contributed by atoms with Crippen LogP contribution in [0.25, 0.3) is 10.9 Å². The first-order valence-electron chi connectivity index (χ1n) is 10.1. The SMILES string of the molecule is C=N/C(=C\N=C(C)C)Oc1ccc(Nc2ncnc3ccc(N(C)C(=O)C#CC)cc23)cc1. The van der Waals surface area contributed by atoms with Gasteiger partial charge in [-0.25, -0.2) is 15.0 Å². The van der Waals surface area contributed by atoms with Crippen LogP contribution in [0.15, 0.2) is 70.9 Å². The van der Waals surface area contributed by atoms with Crippen molar-refractivity contribution < 1.29 is 9.53 Å². The Labute approximate surface area is 192 Å². The van der Waals surface area contributed by atoms with Gasteiger partial charge in [0.15, 0.2) is 0 Å². The van der Waals surface area contributed by atoms with Gasteiger partial charge in [-0.3, -0.25) is 9.79 Å². The first-order chi connectivity index (χ1) is 15.9. The second kappa shape index (κ2) is 10.7. The molecule has 166 valence electrons. The highest BCUT2D eigenvalue weighted by Gasteiger charge is 2.11. The number of carbonyl (C=O) groups is 1. The Hall–Kier alpha value is -4.51. The van der Waals surface area contributed by atoms with Crippen molar-refractivity contribution in [2.75, 3.05) is 17.3 Å². The molecule has 1 aromatic heterocycles. The molecule has 33 heavy (non-hydrogen) atoms. The minimum Gasteiger partial charge on any atom is -0.438 e. The van der Waals surface area contributed by atoms with Crippen LogP contribution in [0.3, 0.4) is 0 Å². The molecule has 0 radical (unpaired) electrons. The zero-order chi connectivity index (χ0) is 23.8. The number of amides is 1. The molecular weight excluding hydrogens is 416 g/mol. The van der Waals surface area contributed by atoms with Gasteiger partial charge in [0.05, 0.1) is 11.7 Å². The molecule has 8 nitrogen and oxygen atoms in total. The fourth-order valence-electron chi connectivity index (χ4n) is 2.81. The molecule has 0 unspecified atom stereocenters. The molecule has 3 rings (SSSR count). The standard InChI is InChI=1S/C25H24N6O2/c1-6-7-24(32)31(5)19-10-13-22-21(14-19)25(29-16-28-22)30-18-8-11-20(12-9-18)33-23(26-4)15-27-17(2)3/h8-16H,4H2,1-3,5H3,(H,28,29,30)/b23-15+. The third-order valence-corrected chi connectivity index (χ3v) is 4.47. The summed E-state index contributed by atoms with van der Waals surface area (Å²) in [5.74, 6) is 6.38. The van der Waals surface area contributed by atoms with Gasteiger partial charge < -0.3 is 15.0 Å². The van der Waals surface area contributed by atoms with Gasteiger partial charge >= 0.3 is 5.91 Å². The Balaban J connectivity index is 1.84. The van der Waals surface area contributed by atoms with Gasteiger partial charge in [0.25, 0.3) is 0 Å². The number of anilines is 3. The van der Waals surface area contributed by atoms with E-state index in [0.717, 1.165) is 22.3 Å². The molecule has 1 heterocycles. The molecule has 0 fully saturated rings. The summed E-state index contributed by atoms with van der Waals surface area (Å²) in [7, 11) is 1.68. The van der Waals surface area contributed by atoms with Crippen molar-refractivity contribution in [3.63, 3.8) is 0 Å². The van der Waals surface area contributed by atoms with E-state index in [4.69, 9.17) is 4.74 Å². The van der Waals surface area contributed by atoms with Gasteiger partial charge in [0.1, 0.15) is 17.9 Å². The van der Waals surface area contributed by atoms with Crippen molar-refractivity contribution in [3.8, 4) is 17.6 Å². The zero-order valence-electron chi connectivity index (χ0n) is 19.0. The summed E-state index contributed by atoms with van der Waals surface area (Å²) in [6, 6.07) is 12.8. The second-order valence-corrected chi connectivity index (χ2v) is 7.12. The van der Waals surface area contributed by atoms with Gasteiger partial charge in [-0.1, -0.05) is 5.92 Å². The third-order valence-electron chi connectivity index (χ3n) is 4.47. The molecule has 3 aromatic rings. The molecule has 2 aromatic carbocycles. The van der Waals surface area contributed by atoms with E-state index in [1.807, 2.05) is 44.2 Å². The molecular formula is C25H24N6O2. The van der Waals surface area contributed by atoms with Crippen molar-refractivity contribution in [2.45, 2.75) is 20.8 Å². The van der Waals surface area contributed by atoms with Crippen LogP contribution in [-0.4, -0.2) is 35.4 Å². The van der Waals surface area contributed by atoms with E-state index >= 15 is 0 Å². The highest BCUT2D eigenvalue weighted by Crippen LogP contribution is 2.28. The Morgan fingerprint density at radius 1 is 1.18 bits per heavy atom. The first-order valence-corrected chi connectivity index (χ1v) is 10.1. The number of nitrogens with zero attached hydrogens (tertiary/aromatic N) is 5. The topological polar surface area (TPSA) is 92.1 Å². The molecule has 0 aliphatic heterocycles. The maximum absolute atomic E-state index is 12.1. The number of benzene rings is 2. The maximum Gasteiger partial charge on any atom is 0.302 e. The van der Waals surface area contributed by atoms with Gasteiger partial charge in [0, 0.05) is 29.5 Å². The van der Waals surface area contributed by atoms with Gasteiger partial charge in [-0.05, 0) is 75.9 Å². The summed E-state index contributed by atoms with van der Waals surface area (Å²) >= 11 is 0. The predicted molar refractivity (Wildman–Crippen MR) is 133 cm³/mol. The average molecular weight is 441 g/mol. The molecule has 0 saturated carbocycles. The Kier molecular flexibility index (Phi) is 7.50. The van der Waals surface area contributed by atoms with Crippen molar-refractivity contribution in [2.24, 2.45) is 9.98 Å². The van der Waals surface area contributed by atoms with E-state index in [2.05, 4.69) is 43.8 Å². The summed E-state index contributed by atoms with van der Waals surface area (Å²) in [6.07, 6.45) is 3.01. The summed E-state index contributed by atoms with van der Waals surface area (Å²) < 4.78 is 5.70. The third kappa shape index (κ3) is 6.02. The van der Waals surface area contributed by atoms with Crippen LogP contribution in [0, 0.1) is 11.8 Å². The Morgan fingerprint density at radius 2 is 1.94 bits per heavy atom. The van der Waals surface area contributed by atoms with E-state index < -0.39 is 0 Å². The lowest BCUT2D eigenvalue weighted by Gasteiger charge is -2.16. The molecule has 0 atom stereocenters. The van der Waals surface area contributed by atoms with Crippen LogP contribution >= 0.6 is 0 Å². The van der Waals surface area contributed by atoms with Crippen molar-refractivity contribution in [3.05, 3.63) is 60.9 Å². The molecule has 1 N–H and O–H groups in total. The van der Waals surface area contributed by atoms with Gasteiger partial charge in [-0.2, -0.15) is 0 Å². The lowest BCUT2D eigenvalue weighted by molar-refractivity contribution is -0.113. The molecule has 0 saturated heterocycles. The van der Waals surface area contributed by atoms with Crippen LogP contribution in [-0.2, 0) is 4.79 Å². The average Bonchev–Trinajstić information content (AvgIpc) is 2.82. The highest BCUT2D eigenvalue weighted by atomic mass is 16.5. The number of hydrogen-bond acceptors (Lipinski definition) is 7. The largest absolute Gasteiger partial charge is 0.438 e. The van der Waals surface area contributed by atoms with E-state index in [-0.39, 0.29) is 5.91 Å². The van der Waals surface area contributed by atoms with Crippen LogP contribution in [0.4, 0.5) is 17.2 Å². The lowest BCUT2D eigenvalue weighted by Crippen LogP contribution is -2.24. The number of nitrogens with one attached hydrogen (secondary N) is 1. The Morgan fingerprint density at radius 3 is 2.61 bits per heavy atom. The van der Waals surface area contributed by atoms with Crippen LogP contribution in [0.2, 0.25) is 0 Å². The lowest BCUT2D eigenvalue weighted by atomic mass is 10.2. The molecule has 1 amide bonds. The van der Waals surface area contributed by atoms with E-state index in [0.29, 0.717) is 23.1 Å². The number of ether oxygens (including phenoxy) is 1. The minimum atomic E-state index is -0.291. The van der Waals surface area contributed by atoms with Crippen LogP contribution in [0.1, 0.15) is 20.8 Å². The summed E-state index contributed by atoms with van der Waals surface area (Å²) in [5, 5.41) is 4.06. The van der Waals surface area contributed by atoms with E-state index in [1.165, 1.54) is 17.4 Å². The maximum atomic E-state index is 12.1. The van der Waals surface area contributed by atoms with E-state index in [9.17, 15) is 4.79 Å². The number of aromatic nitrogens is 2. The van der Waals surface area contributed by atoms with Crippen molar-refractivity contribution in [1.82, 2.24) is 9.97 Å². The zero-order valence-corrected chi connectivity index (χ0v) is 19.0. The number of rotatable bonds is 7. The second-order valence-electron chi connectivity index (χ2n) is 7.12. The van der Waals surface area contributed by atoms with Crippen LogP contribution < -0.4 is 15.0 Å². The molecule has 0 aliphatic carbocycles. The number of aliphatic imine (C=N–C) groups is 2. The monoisotopic (exact) mass is 440 g/mol. The number of fused-ring (bicyclic) bond motifs is 1. The van der Waals surface area contributed by atoms with Gasteiger partial charge in [0.2, 0.25) is 5.88 Å². The molecule has 0 aliphatic rings. The quantitative estimate of drug-likeness (QED) is 0.326. The van der Waals surface area contributed by atoms with Crippen LogP contribution in [0.5, 0.6) is 5.75 Å². The number of carbonyl (C=O) groups excluding carboxylic acids is 1. The minimum absolute atomic E-state index is 0.291. The van der Waals surface area contributed by atoms with E-state index in [1.54, 1.807) is 26.1 Å². The fraction of sp³-hybridized carbons (Fsp3) is 0.160. The Bertz CT molecular complexity index is 1300. The normalized spacial score (nSPS) is 10.6.